The quantitative estimate of drug-likeness (QED) is 0.876. The highest BCUT2D eigenvalue weighted by Gasteiger charge is 2.28. The highest BCUT2D eigenvalue weighted by molar-refractivity contribution is 5.14. The van der Waals surface area contributed by atoms with E-state index in [9.17, 15) is 0 Å². The maximum absolute atomic E-state index is 3.64. The zero-order valence-electron chi connectivity index (χ0n) is 11.1. The number of hydrogen-bond donors (Lipinski definition) is 1. The topological polar surface area (TPSA) is 15.3 Å². The first-order chi connectivity index (χ1) is 8.92. The molecule has 0 spiro atoms. The predicted molar refractivity (Wildman–Crippen MR) is 75.5 cm³/mol. The molecule has 1 aromatic carbocycles. The molecule has 2 saturated heterocycles. The molecular formula is C16H24N2. The van der Waals surface area contributed by atoms with Crippen LogP contribution in [0.2, 0.25) is 0 Å². The Morgan fingerprint density at radius 3 is 2.78 bits per heavy atom. The second-order valence-electron chi connectivity index (χ2n) is 5.78. The van der Waals surface area contributed by atoms with Crippen molar-refractivity contribution in [1.29, 1.82) is 0 Å². The fourth-order valence-electron chi connectivity index (χ4n) is 3.47. The first kappa shape index (κ1) is 12.2. The Morgan fingerprint density at radius 2 is 2.00 bits per heavy atom. The Balaban J connectivity index is 1.57. The van der Waals surface area contributed by atoms with Gasteiger partial charge in [-0.05, 0) is 50.8 Å². The van der Waals surface area contributed by atoms with E-state index in [0.29, 0.717) is 0 Å². The van der Waals surface area contributed by atoms with E-state index in [4.69, 9.17) is 0 Å². The van der Waals surface area contributed by atoms with E-state index >= 15 is 0 Å². The van der Waals surface area contributed by atoms with Crippen LogP contribution < -0.4 is 5.32 Å². The van der Waals surface area contributed by atoms with Crippen LogP contribution in [0, 0.1) is 0 Å². The number of benzene rings is 1. The number of likely N-dealkylation sites (tertiary alicyclic amines) is 1. The molecule has 2 heterocycles. The second kappa shape index (κ2) is 5.85. The summed E-state index contributed by atoms with van der Waals surface area (Å²) < 4.78 is 0. The third-order valence-corrected chi connectivity index (χ3v) is 4.45. The first-order valence-corrected chi connectivity index (χ1v) is 7.43. The van der Waals surface area contributed by atoms with Gasteiger partial charge in [0.1, 0.15) is 0 Å². The molecule has 98 valence electrons. The molecule has 2 nitrogen and oxygen atoms in total. The molecule has 3 rings (SSSR count). The van der Waals surface area contributed by atoms with E-state index in [0.717, 1.165) is 18.6 Å². The lowest BCUT2D eigenvalue weighted by Crippen LogP contribution is -2.35. The van der Waals surface area contributed by atoms with Crippen molar-refractivity contribution in [3.05, 3.63) is 35.9 Å². The summed E-state index contributed by atoms with van der Waals surface area (Å²) in [5, 5.41) is 3.64. The van der Waals surface area contributed by atoms with E-state index in [1.807, 2.05) is 0 Å². The summed E-state index contributed by atoms with van der Waals surface area (Å²) in [6.07, 6.45) is 6.88. The largest absolute Gasteiger partial charge is 0.314 e. The molecule has 2 unspecified atom stereocenters. The van der Waals surface area contributed by atoms with Crippen molar-refractivity contribution in [2.75, 3.05) is 13.1 Å². The number of rotatable bonds is 4. The third kappa shape index (κ3) is 2.93. The van der Waals surface area contributed by atoms with Crippen molar-refractivity contribution in [1.82, 2.24) is 10.2 Å². The summed E-state index contributed by atoms with van der Waals surface area (Å²) in [7, 11) is 0. The van der Waals surface area contributed by atoms with Crippen LogP contribution in [0.15, 0.2) is 30.3 Å². The summed E-state index contributed by atoms with van der Waals surface area (Å²) in [6.45, 7) is 3.65. The van der Waals surface area contributed by atoms with Gasteiger partial charge in [-0.1, -0.05) is 30.3 Å². The SMILES string of the molecule is c1ccc(CN2CCCC2CC2CCCN2)cc1. The average molecular weight is 244 g/mol. The summed E-state index contributed by atoms with van der Waals surface area (Å²) in [5.74, 6) is 0. The van der Waals surface area contributed by atoms with Crippen molar-refractivity contribution < 1.29 is 0 Å². The molecule has 0 amide bonds. The van der Waals surface area contributed by atoms with Gasteiger partial charge in [0.05, 0.1) is 0 Å². The molecule has 0 radical (unpaired) electrons. The van der Waals surface area contributed by atoms with Crippen LogP contribution >= 0.6 is 0 Å². The average Bonchev–Trinajstić information content (AvgIpc) is 3.04. The molecule has 0 aromatic heterocycles. The fourth-order valence-corrected chi connectivity index (χ4v) is 3.47. The summed E-state index contributed by atoms with van der Waals surface area (Å²) in [5.41, 5.74) is 1.46. The van der Waals surface area contributed by atoms with Gasteiger partial charge in [-0.25, -0.2) is 0 Å². The Bertz CT molecular complexity index is 357. The molecule has 2 aliphatic rings. The maximum Gasteiger partial charge on any atom is 0.0236 e. The lowest BCUT2D eigenvalue weighted by Gasteiger charge is -2.27. The van der Waals surface area contributed by atoms with Gasteiger partial charge in [0.2, 0.25) is 0 Å². The molecule has 1 N–H and O–H groups in total. The third-order valence-electron chi connectivity index (χ3n) is 4.45. The molecular weight excluding hydrogens is 220 g/mol. The van der Waals surface area contributed by atoms with Crippen molar-refractivity contribution in [2.24, 2.45) is 0 Å². The van der Waals surface area contributed by atoms with Crippen LogP contribution in [0.5, 0.6) is 0 Å². The van der Waals surface area contributed by atoms with Crippen LogP contribution in [0.3, 0.4) is 0 Å². The van der Waals surface area contributed by atoms with E-state index in [2.05, 4.69) is 40.5 Å². The normalized spacial score (nSPS) is 28.9. The molecule has 2 heteroatoms. The van der Waals surface area contributed by atoms with E-state index < -0.39 is 0 Å². The molecule has 0 aliphatic carbocycles. The van der Waals surface area contributed by atoms with Gasteiger partial charge in [0.25, 0.3) is 0 Å². The van der Waals surface area contributed by atoms with Crippen molar-refractivity contribution in [3.63, 3.8) is 0 Å². The Morgan fingerprint density at radius 1 is 1.11 bits per heavy atom. The summed E-state index contributed by atoms with van der Waals surface area (Å²) in [6, 6.07) is 12.5. The smallest absolute Gasteiger partial charge is 0.0236 e. The van der Waals surface area contributed by atoms with Gasteiger partial charge < -0.3 is 5.32 Å². The molecule has 0 saturated carbocycles. The fraction of sp³-hybridized carbons (Fsp3) is 0.625. The van der Waals surface area contributed by atoms with Gasteiger partial charge in [-0.15, -0.1) is 0 Å². The van der Waals surface area contributed by atoms with Gasteiger partial charge in [0.15, 0.2) is 0 Å². The summed E-state index contributed by atoms with van der Waals surface area (Å²) >= 11 is 0. The molecule has 0 bridgehead atoms. The predicted octanol–water partition coefficient (Wildman–Crippen LogP) is 2.79. The molecule has 2 atom stereocenters. The van der Waals surface area contributed by atoms with Gasteiger partial charge in [-0.3, -0.25) is 4.90 Å². The maximum atomic E-state index is 3.64. The van der Waals surface area contributed by atoms with Crippen LogP contribution in [-0.2, 0) is 6.54 Å². The number of nitrogens with zero attached hydrogens (tertiary/aromatic N) is 1. The van der Waals surface area contributed by atoms with Crippen molar-refractivity contribution in [2.45, 2.75) is 50.7 Å². The van der Waals surface area contributed by atoms with Gasteiger partial charge in [-0.2, -0.15) is 0 Å². The first-order valence-electron chi connectivity index (χ1n) is 7.43. The zero-order valence-corrected chi connectivity index (χ0v) is 11.1. The Labute approximate surface area is 110 Å². The number of nitrogens with one attached hydrogen (secondary N) is 1. The lowest BCUT2D eigenvalue weighted by atomic mass is 10.0. The summed E-state index contributed by atoms with van der Waals surface area (Å²) in [4.78, 5) is 2.69. The standard InChI is InChI=1S/C16H24N2/c1-2-6-14(7-3-1)13-18-11-5-9-16(18)12-15-8-4-10-17-15/h1-3,6-7,15-17H,4-5,8-13H2. The van der Waals surface area contributed by atoms with Crippen LogP contribution in [0.4, 0.5) is 0 Å². The van der Waals surface area contributed by atoms with Crippen LogP contribution in [0.25, 0.3) is 0 Å². The minimum Gasteiger partial charge on any atom is -0.314 e. The van der Waals surface area contributed by atoms with Gasteiger partial charge in [0, 0.05) is 18.6 Å². The van der Waals surface area contributed by atoms with E-state index in [1.54, 1.807) is 0 Å². The Hall–Kier alpha value is -0.860. The van der Waals surface area contributed by atoms with Crippen molar-refractivity contribution in [3.8, 4) is 0 Å². The molecule has 18 heavy (non-hydrogen) atoms. The minimum absolute atomic E-state index is 0.784. The van der Waals surface area contributed by atoms with Gasteiger partial charge >= 0.3 is 0 Å². The molecule has 1 aromatic rings. The second-order valence-corrected chi connectivity index (χ2v) is 5.78. The zero-order chi connectivity index (χ0) is 12.2. The Kier molecular flexibility index (Phi) is 3.96. The monoisotopic (exact) mass is 244 g/mol. The van der Waals surface area contributed by atoms with Crippen molar-refractivity contribution >= 4 is 0 Å². The van der Waals surface area contributed by atoms with Crippen LogP contribution in [-0.4, -0.2) is 30.1 Å². The lowest BCUT2D eigenvalue weighted by molar-refractivity contribution is 0.221. The van der Waals surface area contributed by atoms with E-state index in [1.165, 1.54) is 50.8 Å². The number of hydrogen-bond acceptors (Lipinski definition) is 2. The minimum atomic E-state index is 0.784. The highest BCUT2D eigenvalue weighted by Crippen LogP contribution is 2.25. The molecule has 2 fully saturated rings. The van der Waals surface area contributed by atoms with E-state index in [-0.39, 0.29) is 0 Å². The highest BCUT2D eigenvalue weighted by atomic mass is 15.2. The molecule has 2 aliphatic heterocycles. The van der Waals surface area contributed by atoms with Crippen LogP contribution in [0.1, 0.15) is 37.7 Å².